The Morgan fingerprint density at radius 2 is 1.95 bits per heavy atom. The molecule has 1 aromatic heterocycles. The molecule has 3 aromatic rings. The molecule has 3 N–H and O–H groups in total. The topological polar surface area (TPSA) is 74.7 Å². The molecular formula is C17H14N4. The summed E-state index contributed by atoms with van der Waals surface area (Å²) in [6, 6.07) is 17.3. The van der Waals surface area contributed by atoms with Crippen molar-refractivity contribution in [3.05, 3.63) is 59.8 Å². The van der Waals surface area contributed by atoms with E-state index in [-0.39, 0.29) is 0 Å². The summed E-state index contributed by atoms with van der Waals surface area (Å²) >= 11 is 0. The molecule has 0 spiro atoms. The molecule has 0 saturated heterocycles. The highest BCUT2D eigenvalue weighted by atomic mass is 14.9. The largest absolute Gasteiger partial charge is 0.397 e. The second-order valence-corrected chi connectivity index (χ2v) is 4.87. The fraction of sp³-hybridized carbons (Fsp3) is 0.0588. The summed E-state index contributed by atoms with van der Waals surface area (Å²) in [5.41, 5.74) is 10.6. The van der Waals surface area contributed by atoms with E-state index in [1.54, 1.807) is 12.1 Å². The highest BCUT2D eigenvalue weighted by Crippen LogP contribution is 2.28. The molecule has 0 atom stereocenters. The van der Waals surface area contributed by atoms with E-state index in [0.29, 0.717) is 11.3 Å². The van der Waals surface area contributed by atoms with Crippen LogP contribution < -0.4 is 11.1 Å². The average Bonchev–Trinajstić information content (AvgIpc) is 2.49. The summed E-state index contributed by atoms with van der Waals surface area (Å²) < 4.78 is 0. The van der Waals surface area contributed by atoms with Gasteiger partial charge in [-0.2, -0.15) is 5.26 Å². The van der Waals surface area contributed by atoms with E-state index in [1.165, 1.54) is 0 Å². The molecule has 4 nitrogen and oxygen atoms in total. The molecule has 0 saturated carbocycles. The number of nitriles is 1. The predicted octanol–water partition coefficient (Wildman–Crippen LogP) is 3.74. The van der Waals surface area contributed by atoms with Crippen molar-refractivity contribution in [1.82, 2.24) is 4.98 Å². The SMILES string of the molecule is Cc1ccc2cccc(Nc3ccc(C#N)cc3N)c2n1. The van der Waals surface area contributed by atoms with Gasteiger partial charge in [0.1, 0.15) is 0 Å². The van der Waals surface area contributed by atoms with Gasteiger partial charge in [0.2, 0.25) is 0 Å². The molecule has 4 heteroatoms. The molecule has 3 rings (SSSR count). The molecule has 0 aliphatic heterocycles. The monoisotopic (exact) mass is 274 g/mol. The van der Waals surface area contributed by atoms with Crippen LogP contribution in [0.5, 0.6) is 0 Å². The van der Waals surface area contributed by atoms with Gasteiger partial charge in [-0.05, 0) is 37.3 Å². The minimum atomic E-state index is 0.540. The molecule has 102 valence electrons. The van der Waals surface area contributed by atoms with Gasteiger partial charge in [-0.1, -0.05) is 18.2 Å². The zero-order valence-electron chi connectivity index (χ0n) is 11.6. The van der Waals surface area contributed by atoms with Crippen LogP contribution in [0.4, 0.5) is 17.1 Å². The summed E-state index contributed by atoms with van der Waals surface area (Å²) in [6.07, 6.45) is 0. The number of benzene rings is 2. The van der Waals surface area contributed by atoms with Crippen LogP contribution >= 0.6 is 0 Å². The number of hydrogen-bond acceptors (Lipinski definition) is 4. The van der Waals surface area contributed by atoms with Gasteiger partial charge in [0.25, 0.3) is 0 Å². The minimum absolute atomic E-state index is 0.540. The Hall–Kier alpha value is -3.06. The van der Waals surface area contributed by atoms with E-state index >= 15 is 0 Å². The number of rotatable bonds is 2. The Bertz CT molecular complexity index is 862. The van der Waals surface area contributed by atoms with Gasteiger partial charge in [0, 0.05) is 11.1 Å². The first-order valence-corrected chi connectivity index (χ1v) is 6.60. The molecule has 0 amide bonds. The third-order valence-electron chi connectivity index (χ3n) is 3.31. The number of nitrogens with one attached hydrogen (secondary N) is 1. The summed E-state index contributed by atoms with van der Waals surface area (Å²) in [6.45, 7) is 1.96. The lowest BCUT2D eigenvalue weighted by Gasteiger charge is -2.12. The zero-order chi connectivity index (χ0) is 14.8. The van der Waals surface area contributed by atoms with Crippen molar-refractivity contribution in [1.29, 1.82) is 5.26 Å². The number of aryl methyl sites for hydroxylation is 1. The fourth-order valence-electron chi connectivity index (χ4n) is 2.24. The maximum atomic E-state index is 8.88. The van der Waals surface area contributed by atoms with Gasteiger partial charge < -0.3 is 11.1 Å². The van der Waals surface area contributed by atoms with E-state index in [9.17, 15) is 0 Å². The number of aromatic nitrogens is 1. The van der Waals surface area contributed by atoms with Crippen molar-refractivity contribution in [2.75, 3.05) is 11.1 Å². The molecular weight excluding hydrogens is 260 g/mol. The molecule has 0 unspecified atom stereocenters. The summed E-state index contributed by atoms with van der Waals surface area (Å²) in [5.74, 6) is 0. The van der Waals surface area contributed by atoms with Gasteiger partial charge in [-0.25, -0.2) is 0 Å². The number of anilines is 3. The number of nitrogen functional groups attached to an aromatic ring is 1. The smallest absolute Gasteiger partial charge is 0.0992 e. The molecule has 21 heavy (non-hydrogen) atoms. The Kier molecular flexibility index (Phi) is 3.17. The van der Waals surface area contributed by atoms with Crippen LogP contribution in [0.25, 0.3) is 10.9 Å². The number of pyridine rings is 1. The normalized spacial score (nSPS) is 10.3. The van der Waals surface area contributed by atoms with Crippen molar-refractivity contribution >= 4 is 28.0 Å². The number of hydrogen-bond donors (Lipinski definition) is 2. The number of nitrogens with zero attached hydrogens (tertiary/aromatic N) is 2. The van der Waals surface area contributed by atoms with E-state index in [1.807, 2.05) is 43.3 Å². The Morgan fingerprint density at radius 3 is 2.71 bits per heavy atom. The fourth-order valence-corrected chi connectivity index (χ4v) is 2.24. The van der Waals surface area contributed by atoms with Gasteiger partial charge in [-0.3, -0.25) is 4.98 Å². The predicted molar refractivity (Wildman–Crippen MR) is 85.3 cm³/mol. The van der Waals surface area contributed by atoms with E-state index in [2.05, 4.69) is 16.4 Å². The van der Waals surface area contributed by atoms with Crippen LogP contribution in [0.3, 0.4) is 0 Å². The van der Waals surface area contributed by atoms with Gasteiger partial charge in [-0.15, -0.1) is 0 Å². The summed E-state index contributed by atoms with van der Waals surface area (Å²) in [7, 11) is 0. The number of fused-ring (bicyclic) bond motifs is 1. The average molecular weight is 274 g/mol. The van der Waals surface area contributed by atoms with Crippen LogP contribution in [-0.2, 0) is 0 Å². The summed E-state index contributed by atoms with van der Waals surface area (Å²) in [5, 5.41) is 13.2. The van der Waals surface area contributed by atoms with E-state index in [0.717, 1.165) is 28.0 Å². The first kappa shape index (κ1) is 12.9. The van der Waals surface area contributed by atoms with E-state index < -0.39 is 0 Å². The second kappa shape index (κ2) is 5.14. The lowest BCUT2D eigenvalue weighted by molar-refractivity contribution is 1.25. The Labute approximate surface area is 122 Å². The first-order chi connectivity index (χ1) is 10.2. The lowest BCUT2D eigenvalue weighted by Crippen LogP contribution is -1.98. The maximum absolute atomic E-state index is 8.88. The number of nitrogens with two attached hydrogens (primary N) is 1. The Morgan fingerprint density at radius 1 is 1.10 bits per heavy atom. The van der Waals surface area contributed by atoms with Crippen LogP contribution in [0, 0.1) is 18.3 Å². The second-order valence-electron chi connectivity index (χ2n) is 4.87. The van der Waals surface area contributed by atoms with Crippen molar-refractivity contribution in [3.63, 3.8) is 0 Å². The highest BCUT2D eigenvalue weighted by molar-refractivity contribution is 5.93. The lowest BCUT2D eigenvalue weighted by atomic mass is 10.1. The van der Waals surface area contributed by atoms with Crippen molar-refractivity contribution in [2.24, 2.45) is 0 Å². The molecule has 2 aromatic carbocycles. The van der Waals surface area contributed by atoms with Crippen molar-refractivity contribution in [3.8, 4) is 6.07 Å². The van der Waals surface area contributed by atoms with Gasteiger partial charge >= 0.3 is 0 Å². The molecule has 1 heterocycles. The van der Waals surface area contributed by atoms with Crippen molar-refractivity contribution < 1.29 is 0 Å². The first-order valence-electron chi connectivity index (χ1n) is 6.60. The molecule has 0 bridgehead atoms. The van der Waals surface area contributed by atoms with Crippen LogP contribution in [0.2, 0.25) is 0 Å². The van der Waals surface area contributed by atoms with Crippen LogP contribution in [-0.4, -0.2) is 4.98 Å². The third-order valence-corrected chi connectivity index (χ3v) is 3.31. The summed E-state index contributed by atoms with van der Waals surface area (Å²) in [4.78, 5) is 4.58. The zero-order valence-corrected chi connectivity index (χ0v) is 11.6. The quantitative estimate of drug-likeness (QED) is 0.698. The highest BCUT2D eigenvalue weighted by Gasteiger charge is 2.06. The van der Waals surface area contributed by atoms with Gasteiger partial charge in [0.05, 0.1) is 34.2 Å². The molecule has 0 fully saturated rings. The molecule has 0 radical (unpaired) electrons. The molecule has 0 aliphatic rings. The maximum Gasteiger partial charge on any atom is 0.0992 e. The molecule has 0 aliphatic carbocycles. The van der Waals surface area contributed by atoms with Crippen molar-refractivity contribution in [2.45, 2.75) is 6.92 Å². The van der Waals surface area contributed by atoms with Crippen LogP contribution in [0.1, 0.15) is 11.3 Å². The van der Waals surface area contributed by atoms with E-state index in [4.69, 9.17) is 11.0 Å². The standard InChI is InChI=1S/C17H14N4/c1-11-5-7-13-3-2-4-16(17(13)20-11)21-15-8-6-12(10-18)9-14(15)19/h2-9,21H,19H2,1H3. The minimum Gasteiger partial charge on any atom is -0.397 e. The van der Waals surface area contributed by atoms with Crippen LogP contribution in [0.15, 0.2) is 48.5 Å². The number of para-hydroxylation sites is 1. The Balaban J connectivity index is 2.06. The third kappa shape index (κ3) is 2.49. The van der Waals surface area contributed by atoms with Gasteiger partial charge in [0.15, 0.2) is 0 Å².